The predicted molar refractivity (Wildman–Crippen MR) is 70.0 cm³/mol. The Morgan fingerprint density at radius 3 is 3.05 bits per heavy atom. The summed E-state index contributed by atoms with van der Waals surface area (Å²) in [5.74, 6) is -0.704. The van der Waals surface area contributed by atoms with E-state index >= 15 is 0 Å². The first-order valence-electron chi connectivity index (χ1n) is 6.14. The first-order chi connectivity index (χ1) is 9.52. The molecule has 1 saturated heterocycles. The smallest absolute Gasteiger partial charge is 0.337 e. The van der Waals surface area contributed by atoms with Gasteiger partial charge in [-0.1, -0.05) is 0 Å². The first-order valence-corrected chi connectivity index (χ1v) is 6.14. The van der Waals surface area contributed by atoms with Gasteiger partial charge >= 0.3 is 11.7 Å². The summed E-state index contributed by atoms with van der Waals surface area (Å²) in [5, 5.41) is 19.9. The molecule has 1 N–H and O–H groups in total. The topological polar surface area (TPSA) is 106 Å². The number of aromatic nitrogens is 1. The molecule has 0 amide bonds. The van der Waals surface area contributed by atoms with Gasteiger partial charge in [0.05, 0.1) is 17.1 Å². The zero-order chi connectivity index (χ0) is 14.7. The Labute approximate surface area is 115 Å². The van der Waals surface area contributed by atoms with Crippen LogP contribution in [0.3, 0.4) is 0 Å². The number of anilines is 1. The van der Waals surface area contributed by atoms with Crippen molar-refractivity contribution in [1.29, 1.82) is 0 Å². The van der Waals surface area contributed by atoms with Crippen molar-refractivity contribution in [3.8, 4) is 0 Å². The number of carboxylic acid groups (broad SMARTS) is 1. The van der Waals surface area contributed by atoms with Crippen LogP contribution >= 0.6 is 0 Å². The van der Waals surface area contributed by atoms with Crippen LogP contribution in [0.2, 0.25) is 0 Å². The van der Waals surface area contributed by atoms with Crippen LogP contribution in [0, 0.1) is 16.0 Å². The van der Waals surface area contributed by atoms with Gasteiger partial charge in [-0.3, -0.25) is 10.1 Å². The van der Waals surface area contributed by atoms with E-state index in [-0.39, 0.29) is 17.1 Å². The van der Waals surface area contributed by atoms with Crippen LogP contribution in [-0.2, 0) is 4.74 Å². The van der Waals surface area contributed by atoms with Crippen molar-refractivity contribution in [2.24, 2.45) is 5.92 Å². The number of ether oxygens (including phenoxy) is 1. The van der Waals surface area contributed by atoms with Crippen molar-refractivity contribution in [3.63, 3.8) is 0 Å². The minimum absolute atomic E-state index is 0.187. The van der Waals surface area contributed by atoms with Crippen molar-refractivity contribution in [2.45, 2.75) is 6.42 Å². The highest BCUT2D eigenvalue weighted by atomic mass is 16.6. The Bertz CT molecular complexity index is 534. The fourth-order valence-electron chi connectivity index (χ4n) is 2.34. The summed E-state index contributed by atoms with van der Waals surface area (Å²) >= 11 is 0. The van der Waals surface area contributed by atoms with Crippen molar-refractivity contribution >= 4 is 17.5 Å². The highest BCUT2D eigenvalue weighted by Crippen LogP contribution is 2.30. The maximum atomic E-state index is 11.1. The summed E-state index contributed by atoms with van der Waals surface area (Å²) < 4.78 is 5.08. The van der Waals surface area contributed by atoms with Gasteiger partial charge in [-0.15, -0.1) is 0 Å². The van der Waals surface area contributed by atoms with Crippen molar-refractivity contribution < 1.29 is 19.6 Å². The highest BCUT2D eigenvalue weighted by Gasteiger charge is 2.29. The number of aromatic carboxylic acids is 1. The molecule has 20 heavy (non-hydrogen) atoms. The molecule has 2 heterocycles. The molecular weight excluding hydrogens is 266 g/mol. The monoisotopic (exact) mass is 281 g/mol. The molecule has 0 bridgehead atoms. The van der Waals surface area contributed by atoms with Crippen LogP contribution < -0.4 is 4.90 Å². The van der Waals surface area contributed by atoms with Gasteiger partial charge in [-0.2, -0.15) is 0 Å². The zero-order valence-electron chi connectivity index (χ0n) is 11.0. The van der Waals surface area contributed by atoms with Gasteiger partial charge in [0, 0.05) is 38.4 Å². The highest BCUT2D eigenvalue weighted by molar-refractivity contribution is 5.88. The lowest BCUT2D eigenvalue weighted by Crippen LogP contribution is -2.23. The molecule has 1 aromatic heterocycles. The van der Waals surface area contributed by atoms with Gasteiger partial charge in [-0.25, -0.2) is 9.78 Å². The molecular formula is C12H15N3O5. The molecule has 0 aliphatic carbocycles. The minimum Gasteiger partial charge on any atom is -0.478 e. The number of methoxy groups -OCH3 is 1. The van der Waals surface area contributed by atoms with Crippen molar-refractivity contribution in [2.75, 3.05) is 31.7 Å². The third kappa shape index (κ3) is 2.85. The minimum atomic E-state index is -1.23. The van der Waals surface area contributed by atoms with E-state index in [1.807, 2.05) is 0 Å². The van der Waals surface area contributed by atoms with Gasteiger partial charge in [0.1, 0.15) is 0 Å². The Morgan fingerprint density at radius 2 is 2.45 bits per heavy atom. The molecule has 0 saturated carbocycles. The van der Waals surface area contributed by atoms with Gasteiger partial charge in [0.2, 0.25) is 5.82 Å². The standard InChI is InChI=1S/C12H15N3O5/c1-20-7-8-2-3-14(6-8)11-10(15(18)19)4-9(5-13-11)12(16)17/h4-5,8H,2-3,6-7H2,1H3,(H,16,17). The van der Waals surface area contributed by atoms with Crippen LogP contribution in [0.15, 0.2) is 12.3 Å². The number of nitro groups is 1. The van der Waals surface area contributed by atoms with E-state index in [1.165, 1.54) is 0 Å². The van der Waals surface area contributed by atoms with Crippen LogP contribution in [0.1, 0.15) is 16.8 Å². The summed E-state index contributed by atoms with van der Waals surface area (Å²) in [7, 11) is 1.62. The number of pyridine rings is 1. The van der Waals surface area contributed by atoms with E-state index in [1.54, 1.807) is 12.0 Å². The first kappa shape index (κ1) is 14.2. The fourth-order valence-corrected chi connectivity index (χ4v) is 2.34. The second kappa shape index (κ2) is 5.83. The van der Waals surface area contributed by atoms with Gasteiger partial charge in [0.25, 0.3) is 0 Å². The van der Waals surface area contributed by atoms with E-state index < -0.39 is 10.9 Å². The number of carbonyl (C=O) groups is 1. The van der Waals surface area contributed by atoms with E-state index in [4.69, 9.17) is 9.84 Å². The maximum absolute atomic E-state index is 11.1. The molecule has 2 rings (SSSR count). The molecule has 8 nitrogen and oxygen atoms in total. The Kier molecular flexibility index (Phi) is 4.14. The van der Waals surface area contributed by atoms with E-state index in [0.717, 1.165) is 18.7 Å². The summed E-state index contributed by atoms with van der Waals surface area (Å²) in [6.07, 6.45) is 2.02. The molecule has 1 aromatic rings. The van der Waals surface area contributed by atoms with Gasteiger partial charge in [0.15, 0.2) is 0 Å². The normalized spacial score (nSPS) is 18.2. The predicted octanol–water partition coefficient (Wildman–Crippen LogP) is 1.16. The third-order valence-electron chi connectivity index (χ3n) is 3.28. The lowest BCUT2D eigenvalue weighted by Gasteiger charge is -2.17. The average Bonchev–Trinajstić information content (AvgIpc) is 2.86. The molecule has 1 aliphatic rings. The largest absolute Gasteiger partial charge is 0.478 e. The summed E-state index contributed by atoms with van der Waals surface area (Å²) in [5.41, 5.74) is -0.462. The zero-order valence-corrected chi connectivity index (χ0v) is 11.0. The number of hydrogen-bond acceptors (Lipinski definition) is 6. The molecule has 0 radical (unpaired) electrons. The number of rotatable bonds is 5. The summed E-state index contributed by atoms with van der Waals surface area (Å²) in [6.45, 7) is 1.86. The van der Waals surface area contributed by atoms with Crippen LogP contribution in [0.25, 0.3) is 0 Å². The van der Waals surface area contributed by atoms with Crippen molar-refractivity contribution in [3.05, 3.63) is 27.9 Å². The molecule has 1 unspecified atom stereocenters. The Hall–Kier alpha value is -2.22. The lowest BCUT2D eigenvalue weighted by molar-refractivity contribution is -0.384. The number of nitrogens with zero attached hydrogens (tertiary/aromatic N) is 3. The quantitative estimate of drug-likeness (QED) is 0.637. The SMILES string of the molecule is COCC1CCN(c2ncc(C(=O)O)cc2[N+](=O)[O-])C1. The van der Waals surface area contributed by atoms with Crippen LogP contribution in [0.5, 0.6) is 0 Å². The van der Waals surface area contributed by atoms with Crippen molar-refractivity contribution in [1.82, 2.24) is 4.98 Å². The molecule has 108 valence electrons. The maximum Gasteiger partial charge on any atom is 0.337 e. The van der Waals surface area contributed by atoms with Crippen LogP contribution in [-0.4, -0.2) is 47.8 Å². The average molecular weight is 281 g/mol. The summed E-state index contributed by atoms with van der Waals surface area (Å²) in [6, 6.07) is 1.05. The second-order valence-corrected chi connectivity index (χ2v) is 4.69. The van der Waals surface area contributed by atoms with E-state index in [9.17, 15) is 14.9 Å². The molecule has 1 aliphatic heterocycles. The number of hydrogen-bond donors (Lipinski definition) is 1. The lowest BCUT2D eigenvalue weighted by atomic mass is 10.1. The molecule has 8 heteroatoms. The van der Waals surface area contributed by atoms with Crippen LogP contribution in [0.4, 0.5) is 11.5 Å². The Morgan fingerprint density at radius 1 is 1.70 bits per heavy atom. The Balaban J connectivity index is 2.28. The number of carboxylic acids is 1. The van der Waals surface area contributed by atoms with E-state index in [2.05, 4.69) is 4.98 Å². The van der Waals surface area contributed by atoms with E-state index in [0.29, 0.717) is 25.6 Å². The van der Waals surface area contributed by atoms with Gasteiger partial charge in [-0.05, 0) is 6.42 Å². The molecule has 1 fully saturated rings. The molecule has 1 atom stereocenters. The third-order valence-corrected chi connectivity index (χ3v) is 3.28. The second-order valence-electron chi connectivity index (χ2n) is 4.69. The molecule has 0 spiro atoms. The molecule has 0 aromatic carbocycles. The fraction of sp³-hybridized carbons (Fsp3) is 0.500. The summed E-state index contributed by atoms with van der Waals surface area (Å²) in [4.78, 5) is 27.1. The van der Waals surface area contributed by atoms with Gasteiger partial charge < -0.3 is 14.7 Å².